The van der Waals surface area contributed by atoms with Crippen LogP contribution in [0.1, 0.15) is 56.8 Å². The van der Waals surface area contributed by atoms with E-state index in [0.29, 0.717) is 0 Å². The first-order valence-electron chi connectivity index (χ1n) is 10.5. The van der Waals surface area contributed by atoms with Gasteiger partial charge in [-0.15, -0.1) is 0 Å². The lowest BCUT2D eigenvalue weighted by Crippen LogP contribution is -2.42. The molecule has 0 aromatic heterocycles. The smallest absolute Gasteiger partial charge is 0.410 e. The van der Waals surface area contributed by atoms with Crippen molar-refractivity contribution in [2.24, 2.45) is 5.89 Å². The maximum Gasteiger partial charge on any atom is 0.410 e. The Kier molecular flexibility index (Phi) is 1.21. The summed E-state index contributed by atoms with van der Waals surface area (Å²) in [6.07, 6.45) is -9.73. The lowest BCUT2D eigenvalue weighted by atomic mass is 9.94. The third-order valence-electron chi connectivity index (χ3n) is 1.39. The molecule has 0 radical (unpaired) electrons. The fourth-order valence-electron chi connectivity index (χ4n) is 0.795. The van der Waals surface area contributed by atoms with Gasteiger partial charge in [0.15, 0.2) is 0 Å². The zero-order valence-corrected chi connectivity index (χ0v) is 9.17. The van der Waals surface area contributed by atoms with Crippen LogP contribution in [0.4, 0.5) is 4.79 Å². The maximum absolute atomic E-state index is 12.4. The Morgan fingerprint density at radius 3 is 2.44 bits per heavy atom. The monoisotopic (exact) mass is 239 g/mol. The van der Waals surface area contributed by atoms with Crippen molar-refractivity contribution < 1.29 is 30.8 Å². The second kappa shape index (κ2) is 4.85. The number of carbonyl (C=O) groups excluding carboxylic acids is 2. The maximum atomic E-state index is 12.4. The minimum absolute atomic E-state index is 0.495. The SMILES string of the molecule is [2H]C([2H])([2H])C(=O)C1([2H])C([2H])([2H])C([2H])([2H])N(C(=O)OC(C)(C)C)C([2H])([2H])C1([2H])[2H]. The highest BCUT2D eigenvalue weighted by molar-refractivity contribution is 5.78. The molecule has 92 valence electrons. The molecule has 4 heteroatoms. The molecule has 1 heterocycles. The number of hydrogen-bond donors (Lipinski definition) is 0. The van der Waals surface area contributed by atoms with Gasteiger partial charge < -0.3 is 9.64 Å². The average Bonchev–Trinajstić information content (AvgIpc) is 2.39. The Morgan fingerprint density at radius 2 is 2.00 bits per heavy atom. The van der Waals surface area contributed by atoms with Crippen LogP contribution in [0.15, 0.2) is 0 Å². The second-order valence-electron chi connectivity index (χ2n) is 3.99. The lowest BCUT2D eigenvalue weighted by Gasteiger charge is -2.32. The number of amides is 1. The van der Waals surface area contributed by atoms with Crippen molar-refractivity contribution in [1.29, 1.82) is 0 Å². The summed E-state index contributed by atoms with van der Waals surface area (Å²) >= 11 is 0. The minimum atomic E-state index is -4.06. The van der Waals surface area contributed by atoms with E-state index < -0.39 is 60.9 Å². The van der Waals surface area contributed by atoms with E-state index in [1.807, 2.05) is 0 Å². The number of Topliss-reactive ketones (excluding diaryl/α,β-unsaturated/α-hetero) is 1. The van der Waals surface area contributed by atoms with Crippen molar-refractivity contribution in [3.63, 3.8) is 0 Å². The zero-order chi connectivity index (χ0) is 22.9. The largest absolute Gasteiger partial charge is 0.444 e. The molecule has 1 aliphatic heterocycles. The first kappa shape index (κ1) is 4.00. The molecule has 0 bridgehead atoms. The van der Waals surface area contributed by atoms with Gasteiger partial charge in [0.05, 0.1) is 0 Å². The molecule has 1 fully saturated rings. The van der Waals surface area contributed by atoms with Crippen molar-refractivity contribution in [2.75, 3.05) is 13.0 Å². The number of hydrogen-bond acceptors (Lipinski definition) is 3. The van der Waals surface area contributed by atoms with Gasteiger partial charge in [-0.3, -0.25) is 4.79 Å². The van der Waals surface area contributed by atoms with E-state index in [4.69, 9.17) is 21.2 Å². The molecular weight excluding hydrogens is 206 g/mol. The fourth-order valence-corrected chi connectivity index (χ4v) is 0.795. The van der Waals surface area contributed by atoms with Crippen molar-refractivity contribution in [3.8, 4) is 0 Å². The van der Waals surface area contributed by atoms with Crippen LogP contribution in [0.3, 0.4) is 0 Å². The van der Waals surface area contributed by atoms with Crippen molar-refractivity contribution in [1.82, 2.24) is 4.90 Å². The molecule has 0 unspecified atom stereocenters. The Hall–Kier alpha value is -1.06. The third-order valence-corrected chi connectivity index (χ3v) is 1.39. The molecule has 1 amide bonds. The number of ether oxygens (including phenoxy) is 1. The topological polar surface area (TPSA) is 46.6 Å². The van der Waals surface area contributed by atoms with Gasteiger partial charge in [0.25, 0.3) is 0 Å². The van der Waals surface area contributed by atoms with Gasteiger partial charge >= 0.3 is 6.09 Å². The summed E-state index contributed by atoms with van der Waals surface area (Å²) < 4.78 is 98.1. The molecule has 1 aliphatic rings. The zero-order valence-electron chi connectivity index (χ0n) is 21.2. The predicted octanol–water partition coefficient (Wildman–Crippen LogP) is 2.22. The van der Waals surface area contributed by atoms with Crippen LogP contribution >= 0.6 is 0 Å². The Labute approximate surface area is 114 Å². The van der Waals surface area contributed by atoms with Crippen LogP contribution in [0.25, 0.3) is 0 Å². The first-order chi connectivity index (χ1) is 11.9. The summed E-state index contributed by atoms with van der Waals surface area (Å²) in [4.78, 5) is 24.3. The normalized spacial score (nSPS) is 44.8. The van der Waals surface area contributed by atoms with Crippen molar-refractivity contribution in [3.05, 3.63) is 0 Å². The molecule has 0 aromatic carbocycles. The number of rotatable bonds is 1. The Bertz CT molecular complexity index is 650. The van der Waals surface area contributed by atoms with Gasteiger partial charge in [0.2, 0.25) is 0 Å². The number of likely N-dealkylation sites (tertiary alicyclic amines) is 1. The molecule has 0 spiro atoms. The number of ketones is 1. The summed E-state index contributed by atoms with van der Waals surface area (Å²) in [5.74, 6) is -6.39. The van der Waals surface area contributed by atoms with E-state index in [2.05, 4.69) is 0 Å². The number of carbonyl (C=O) groups is 2. The summed E-state index contributed by atoms with van der Waals surface area (Å²) in [6, 6.07) is 0. The first-order valence-corrected chi connectivity index (χ1v) is 4.49. The van der Waals surface area contributed by atoms with Crippen LogP contribution in [0.2, 0.25) is 0 Å². The van der Waals surface area contributed by atoms with Gasteiger partial charge in [0, 0.05) is 35.3 Å². The summed E-state index contributed by atoms with van der Waals surface area (Å²) in [5, 5.41) is 0. The quantitative estimate of drug-likeness (QED) is 0.705. The van der Waals surface area contributed by atoms with Crippen LogP contribution < -0.4 is 0 Å². The molecule has 0 saturated carbocycles. The standard InChI is InChI=1S/C12H21NO3/c1-9(14)10-5-7-13(8-6-10)11(15)16-12(2,3)4/h10H,5-8H2,1-4H3/i1D3,5D2,6D2,7D2,8D2,10D. The molecule has 0 aliphatic carbocycles. The van der Waals surface area contributed by atoms with Crippen LogP contribution in [-0.2, 0) is 9.53 Å². The van der Waals surface area contributed by atoms with Crippen molar-refractivity contribution >= 4 is 11.9 Å². The highest BCUT2D eigenvalue weighted by atomic mass is 16.6. The fraction of sp³-hybridized carbons (Fsp3) is 0.833. The molecule has 1 saturated heterocycles. The molecule has 0 atom stereocenters. The van der Waals surface area contributed by atoms with Gasteiger partial charge in [-0.1, -0.05) is 0 Å². The van der Waals surface area contributed by atoms with Crippen LogP contribution in [0, 0.1) is 5.89 Å². The van der Waals surface area contributed by atoms with E-state index in [0.717, 1.165) is 0 Å². The molecule has 0 aromatic rings. The molecular formula is C12H21NO3. The van der Waals surface area contributed by atoms with E-state index in [1.54, 1.807) is 0 Å². The van der Waals surface area contributed by atoms with Crippen molar-refractivity contribution in [2.45, 2.75) is 46.0 Å². The molecule has 4 nitrogen and oxygen atoms in total. The molecule has 1 rings (SSSR count). The van der Waals surface area contributed by atoms with Gasteiger partial charge in [0.1, 0.15) is 11.4 Å². The van der Waals surface area contributed by atoms with Gasteiger partial charge in [-0.2, -0.15) is 0 Å². The third kappa shape index (κ3) is 3.83. The van der Waals surface area contributed by atoms with Gasteiger partial charge in [-0.25, -0.2) is 4.79 Å². The van der Waals surface area contributed by atoms with Crippen LogP contribution in [0.5, 0.6) is 0 Å². The van der Waals surface area contributed by atoms with E-state index in [9.17, 15) is 9.59 Å². The Morgan fingerprint density at radius 1 is 1.44 bits per heavy atom. The average molecular weight is 239 g/mol. The lowest BCUT2D eigenvalue weighted by molar-refractivity contribution is -0.122. The number of nitrogens with zero attached hydrogens (tertiary/aromatic N) is 1. The van der Waals surface area contributed by atoms with E-state index in [-0.39, 0.29) is 0 Å². The summed E-state index contributed by atoms with van der Waals surface area (Å²) in [5.41, 5.74) is -1.30. The molecule has 16 heavy (non-hydrogen) atoms. The highest BCUT2D eigenvalue weighted by Gasteiger charge is 2.28. The summed E-state index contributed by atoms with van der Waals surface area (Å²) in [6.45, 7) is -7.36. The number of piperidine rings is 1. The highest BCUT2D eigenvalue weighted by Crippen LogP contribution is 2.20. The van der Waals surface area contributed by atoms with E-state index in [1.165, 1.54) is 20.8 Å². The Balaban J connectivity index is 3.85. The minimum Gasteiger partial charge on any atom is -0.444 e. The van der Waals surface area contributed by atoms with E-state index >= 15 is 0 Å². The summed E-state index contributed by atoms with van der Waals surface area (Å²) in [7, 11) is 0. The van der Waals surface area contributed by atoms with Crippen LogP contribution in [-0.4, -0.2) is 35.4 Å². The predicted molar refractivity (Wildman–Crippen MR) is 61.2 cm³/mol. The second-order valence-corrected chi connectivity index (χ2v) is 3.99. The molecule has 0 N–H and O–H groups in total. The van der Waals surface area contributed by atoms with Gasteiger partial charge in [-0.05, 0) is 40.4 Å².